The Morgan fingerprint density at radius 3 is 2.57 bits per heavy atom. The summed E-state index contributed by atoms with van der Waals surface area (Å²) in [5.41, 5.74) is 0.855. The fraction of sp³-hybridized carbons (Fsp3) is 0.364. The van der Waals surface area contributed by atoms with Crippen molar-refractivity contribution in [2.75, 3.05) is 11.1 Å². The molecule has 0 saturated heterocycles. The second-order valence-electron chi connectivity index (χ2n) is 3.48. The molecule has 76 valence electrons. The van der Waals surface area contributed by atoms with Gasteiger partial charge in [-0.25, -0.2) is 0 Å². The summed E-state index contributed by atoms with van der Waals surface area (Å²) < 4.78 is 0. The zero-order chi connectivity index (χ0) is 10.4. The zero-order valence-corrected chi connectivity index (χ0v) is 9.30. The van der Waals surface area contributed by atoms with Crippen LogP contribution in [0.25, 0.3) is 0 Å². The van der Waals surface area contributed by atoms with Crippen molar-refractivity contribution in [1.29, 1.82) is 0 Å². The highest BCUT2D eigenvalue weighted by Crippen LogP contribution is 2.13. The first-order valence-corrected chi connectivity index (χ1v) is 5.66. The number of amides is 1. The number of anilines is 1. The van der Waals surface area contributed by atoms with E-state index in [0.29, 0.717) is 5.92 Å². The molecule has 1 aromatic rings. The van der Waals surface area contributed by atoms with E-state index in [1.54, 1.807) is 0 Å². The lowest BCUT2D eigenvalue weighted by Gasteiger charge is -2.05. The molecule has 0 aromatic heterocycles. The Morgan fingerprint density at radius 1 is 1.36 bits per heavy atom. The quantitative estimate of drug-likeness (QED) is 0.824. The van der Waals surface area contributed by atoms with Gasteiger partial charge in [0.15, 0.2) is 0 Å². The van der Waals surface area contributed by atoms with Gasteiger partial charge in [-0.15, -0.1) is 0 Å². The molecule has 0 heterocycles. The van der Waals surface area contributed by atoms with Crippen LogP contribution in [0, 0.1) is 5.92 Å². The summed E-state index contributed by atoms with van der Waals surface area (Å²) in [6.45, 7) is 4.20. The van der Waals surface area contributed by atoms with E-state index in [9.17, 15) is 4.79 Å². The fourth-order valence-electron chi connectivity index (χ4n) is 0.918. The smallest absolute Gasteiger partial charge is 0.283 e. The summed E-state index contributed by atoms with van der Waals surface area (Å²) in [5.74, 6) is 1.40. The molecule has 0 atom stereocenters. The van der Waals surface area contributed by atoms with Gasteiger partial charge in [-0.1, -0.05) is 43.8 Å². The maximum absolute atomic E-state index is 11.4. The molecule has 1 rings (SSSR count). The first kappa shape index (κ1) is 11.1. The van der Waals surface area contributed by atoms with Crippen LogP contribution in [0.1, 0.15) is 13.8 Å². The number of benzene rings is 1. The second-order valence-corrected chi connectivity index (χ2v) is 4.48. The number of thioether (sulfide) groups is 1. The van der Waals surface area contributed by atoms with Crippen molar-refractivity contribution in [2.45, 2.75) is 13.8 Å². The van der Waals surface area contributed by atoms with Crippen LogP contribution in [0.2, 0.25) is 0 Å². The molecule has 0 aliphatic carbocycles. The van der Waals surface area contributed by atoms with E-state index in [1.165, 1.54) is 11.8 Å². The average Bonchev–Trinajstić information content (AvgIpc) is 2.16. The number of carbonyl (C=O) groups excluding carboxylic acids is 1. The average molecular weight is 209 g/mol. The third-order valence-electron chi connectivity index (χ3n) is 1.57. The lowest BCUT2D eigenvalue weighted by molar-refractivity contribution is 0.269. The number of carbonyl (C=O) groups is 1. The van der Waals surface area contributed by atoms with Crippen molar-refractivity contribution in [3.63, 3.8) is 0 Å². The molecule has 0 saturated carbocycles. The third-order valence-corrected chi connectivity index (χ3v) is 2.77. The molecule has 1 N–H and O–H groups in total. The summed E-state index contributed by atoms with van der Waals surface area (Å²) in [6, 6.07) is 9.50. The summed E-state index contributed by atoms with van der Waals surface area (Å²) >= 11 is 1.33. The lowest BCUT2D eigenvalue weighted by atomic mass is 10.3. The number of nitrogens with one attached hydrogen (secondary N) is 1. The largest absolute Gasteiger partial charge is 0.317 e. The normalized spacial score (nSPS) is 10.2. The van der Waals surface area contributed by atoms with Crippen molar-refractivity contribution in [3.05, 3.63) is 30.3 Å². The van der Waals surface area contributed by atoms with Gasteiger partial charge in [-0.2, -0.15) is 0 Å². The summed E-state index contributed by atoms with van der Waals surface area (Å²) in [5, 5.41) is 2.84. The predicted octanol–water partition coefficient (Wildman–Crippen LogP) is 3.61. The lowest BCUT2D eigenvalue weighted by Crippen LogP contribution is -2.07. The Kier molecular flexibility index (Phi) is 4.53. The summed E-state index contributed by atoms with van der Waals surface area (Å²) in [6.07, 6.45) is 0. The van der Waals surface area contributed by atoms with Crippen LogP contribution in [0.5, 0.6) is 0 Å². The van der Waals surface area contributed by atoms with Gasteiger partial charge in [0.25, 0.3) is 5.24 Å². The molecule has 2 nitrogen and oxygen atoms in total. The maximum atomic E-state index is 11.4. The van der Waals surface area contributed by atoms with E-state index in [4.69, 9.17) is 0 Å². The third kappa shape index (κ3) is 4.33. The molecule has 14 heavy (non-hydrogen) atoms. The molecular weight excluding hydrogens is 194 g/mol. The van der Waals surface area contributed by atoms with Crippen LogP contribution >= 0.6 is 11.8 Å². The molecule has 0 unspecified atom stereocenters. The first-order chi connectivity index (χ1) is 6.68. The minimum Gasteiger partial charge on any atom is -0.317 e. The fourth-order valence-corrected chi connectivity index (χ4v) is 1.59. The minimum atomic E-state index is 0.0184. The molecule has 0 radical (unpaired) electrons. The molecule has 1 aromatic carbocycles. The van der Waals surface area contributed by atoms with Gasteiger partial charge in [0.05, 0.1) is 0 Å². The predicted molar refractivity (Wildman–Crippen MR) is 62.8 cm³/mol. The highest BCUT2D eigenvalue weighted by molar-refractivity contribution is 8.13. The van der Waals surface area contributed by atoms with Crippen LogP contribution < -0.4 is 5.32 Å². The van der Waals surface area contributed by atoms with E-state index in [-0.39, 0.29) is 5.24 Å². The molecule has 1 amide bonds. The Bertz CT molecular complexity index is 285. The van der Waals surface area contributed by atoms with Crippen LogP contribution in [0.15, 0.2) is 30.3 Å². The van der Waals surface area contributed by atoms with E-state index in [1.807, 2.05) is 30.3 Å². The van der Waals surface area contributed by atoms with Gasteiger partial charge in [0.1, 0.15) is 0 Å². The van der Waals surface area contributed by atoms with Crippen LogP contribution in [0.4, 0.5) is 10.5 Å². The molecule has 0 fully saturated rings. The van der Waals surface area contributed by atoms with E-state index in [0.717, 1.165) is 11.4 Å². The SMILES string of the molecule is CC(C)CSC(=O)Nc1ccccc1. The Hall–Kier alpha value is -0.960. The van der Waals surface area contributed by atoms with Crippen LogP contribution in [0.3, 0.4) is 0 Å². The van der Waals surface area contributed by atoms with E-state index >= 15 is 0 Å². The van der Waals surface area contributed by atoms with Crippen molar-refractivity contribution >= 4 is 22.7 Å². The second kappa shape index (κ2) is 5.70. The first-order valence-electron chi connectivity index (χ1n) is 4.67. The Labute approximate surface area is 89.1 Å². The topological polar surface area (TPSA) is 29.1 Å². The van der Waals surface area contributed by atoms with Crippen LogP contribution in [-0.4, -0.2) is 11.0 Å². The molecule has 0 bridgehead atoms. The molecule has 0 aliphatic heterocycles. The monoisotopic (exact) mass is 209 g/mol. The van der Waals surface area contributed by atoms with E-state index in [2.05, 4.69) is 19.2 Å². The number of hydrogen-bond acceptors (Lipinski definition) is 2. The molecule has 0 aliphatic rings. The zero-order valence-electron chi connectivity index (χ0n) is 8.49. The highest BCUT2D eigenvalue weighted by Gasteiger charge is 2.03. The van der Waals surface area contributed by atoms with Gasteiger partial charge >= 0.3 is 0 Å². The Balaban J connectivity index is 2.35. The van der Waals surface area contributed by atoms with Crippen molar-refractivity contribution in [1.82, 2.24) is 0 Å². The van der Waals surface area contributed by atoms with Gasteiger partial charge in [-0.05, 0) is 18.1 Å². The van der Waals surface area contributed by atoms with Crippen LogP contribution in [-0.2, 0) is 0 Å². The summed E-state index contributed by atoms with van der Waals surface area (Å²) in [4.78, 5) is 11.4. The molecular formula is C11H15NOS. The van der Waals surface area contributed by atoms with Gasteiger partial charge in [-0.3, -0.25) is 4.79 Å². The number of para-hydroxylation sites is 1. The van der Waals surface area contributed by atoms with Crippen molar-refractivity contribution in [2.24, 2.45) is 5.92 Å². The number of hydrogen-bond donors (Lipinski definition) is 1. The van der Waals surface area contributed by atoms with Gasteiger partial charge in [0.2, 0.25) is 0 Å². The standard InChI is InChI=1S/C11H15NOS/c1-9(2)8-14-11(13)12-10-6-4-3-5-7-10/h3-7,9H,8H2,1-2H3,(H,12,13). The Morgan fingerprint density at radius 2 is 2.00 bits per heavy atom. The number of rotatable bonds is 3. The van der Waals surface area contributed by atoms with Gasteiger partial charge < -0.3 is 5.32 Å². The minimum absolute atomic E-state index is 0.0184. The van der Waals surface area contributed by atoms with Gasteiger partial charge in [0, 0.05) is 11.4 Å². The molecule has 3 heteroatoms. The van der Waals surface area contributed by atoms with E-state index < -0.39 is 0 Å². The van der Waals surface area contributed by atoms with Crippen molar-refractivity contribution in [3.8, 4) is 0 Å². The molecule has 0 spiro atoms. The van der Waals surface area contributed by atoms with Crippen molar-refractivity contribution < 1.29 is 4.79 Å². The maximum Gasteiger partial charge on any atom is 0.283 e. The summed E-state index contributed by atoms with van der Waals surface area (Å²) in [7, 11) is 0. The highest BCUT2D eigenvalue weighted by atomic mass is 32.2.